The number of likely N-dealkylation sites (N-methyl/N-ethyl adjacent to an activating group) is 1. The molecule has 0 radical (unpaired) electrons. The lowest BCUT2D eigenvalue weighted by Crippen LogP contribution is -2.54. The van der Waals surface area contributed by atoms with Crippen LogP contribution in [0.4, 0.5) is 0 Å². The van der Waals surface area contributed by atoms with Crippen LogP contribution in [0.25, 0.3) is 10.6 Å². The van der Waals surface area contributed by atoms with E-state index in [1.165, 1.54) is 11.3 Å². The van der Waals surface area contributed by atoms with Gasteiger partial charge in [0.05, 0.1) is 12.7 Å². The fourth-order valence-electron chi connectivity index (χ4n) is 2.94. The van der Waals surface area contributed by atoms with E-state index in [0.717, 1.165) is 23.4 Å². The summed E-state index contributed by atoms with van der Waals surface area (Å²) >= 11 is 1.35. The van der Waals surface area contributed by atoms with Crippen LogP contribution in [0.15, 0.2) is 30.7 Å². The van der Waals surface area contributed by atoms with Gasteiger partial charge in [0.2, 0.25) is 0 Å². The molecule has 25 heavy (non-hydrogen) atoms. The summed E-state index contributed by atoms with van der Waals surface area (Å²) in [4.78, 5) is 34.0. The van der Waals surface area contributed by atoms with Gasteiger partial charge < -0.3 is 10.4 Å². The topological polar surface area (TPSA) is 95.4 Å². The molecule has 132 valence electrons. The molecular formula is C17H20N4O3S. The van der Waals surface area contributed by atoms with Crippen LogP contribution in [0.5, 0.6) is 0 Å². The van der Waals surface area contributed by atoms with Gasteiger partial charge in [-0.2, -0.15) is 0 Å². The van der Waals surface area contributed by atoms with Gasteiger partial charge in [0, 0.05) is 30.0 Å². The van der Waals surface area contributed by atoms with Crippen LogP contribution in [0.1, 0.15) is 29.4 Å². The number of aliphatic carboxylic acids is 1. The van der Waals surface area contributed by atoms with E-state index in [0.29, 0.717) is 11.4 Å². The van der Waals surface area contributed by atoms with E-state index in [1.807, 2.05) is 24.0 Å². The van der Waals surface area contributed by atoms with Crippen molar-refractivity contribution in [3.63, 3.8) is 0 Å². The normalized spacial score (nSPS) is 19.4. The second-order valence-corrected chi connectivity index (χ2v) is 7.05. The summed E-state index contributed by atoms with van der Waals surface area (Å²) in [5.74, 6) is -0.940. The van der Waals surface area contributed by atoms with Gasteiger partial charge in [-0.15, -0.1) is 11.3 Å². The third-order valence-corrected chi connectivity index (χ3v) is 5.41. The molecule has 2 aromatic rings. The minimum Gasteiger partial charge on any atom is -0.480 e. The summed E-state index contributed by atoms with van der Waals surface area (Å²) in [5.41, 5.74) is 0.940. The Hall–Kier alpha value is -2.32. The summed E-state index contributed by atoms with van der Waals surface area (Å²) in [7, 11) is 0. The highest BCUT2D eigenvalue weighted by Crippen LogP contribution is 2.28. The molecule has 1 aliphatic rings. The molecule has 0 spiro atoms. The molecule has 1 saturated carbocycles. The Morgan fingerprint density at radius 3 is 2.72 bits per heavy atom. The fourth-order valence-corrected chi connectivity index (χ4v) is 3.76. The second-order valence-electron chi connectivity index (χ2n) is 6.02. The van der Waals surface area contributed by atoms with Gasteiger partial charge in [0.1, 0.15) is 9.88 Å². The maximum absolute atomic E-state index is 12.4. The summed E-state index contributed by atoms with van der Waals surface area (Å²) < 4.78 is 0. The van der Waals surface area contributed by atoms with Crippen molar-refractivity contribution in [2.45, 2.75) is 31.8 Å². The average molecular weight is 360 g/mol. The molecule has 0 atom stereocenters. The van der Waals surface area contributed by atoms with Gasteiger partial charge in [-0.3, -0.25) is 19.5 Å². The molecule has 0 unspecified atom stereocenters. The lowest BCUT2D eigenvalue weighted by atomic mass is 9.85. The van der Waals surface area contributed by atoms with Crippen LogP contribution in [0.2, 0.25) is 0 Å². The van der Waals surface area contributed by atoms with Gasteiger partial charge in [0.25, 0.3) is 5.91 Å². The number of carboxylic acid groups (broad SMARTS) is 1. The van der Waals surface area contributed by atoms with E-state index < -0.39 is 5.97 Å². The number of thiazole rings is 1. The molecule has 2 aromatic heterocycles. The number of amides is 1. The number of hydrogen-bond acceptors (Lipinski definition) is 6. The zero-order valence-corrected chi connectivity index (χ0v) is 14.7. The predicted molar refractivity (Wildman–Crippen MR) is 94.5 cm³/mol. The number of rotatable bonds is 7. The summed E-state index contributed by atoms with van der Waals surface area (Å²) in [5, 5.41) is 12.7. The van der Waals surface area contributed by atoms with E-state index in [2.05, 4.69) is 15.3 Å². The summed E-state index contributed by atoms with van der Waals surface area (Å²) in [6.07, 6.45) is 6.55. The molecule has 0 aromatic carbocycles. The van der Waals surface area contributed by atoms with Crippen LogP contribution in [-0.2, 0) is 4.79 Å². The van der Waals surface area contributed by atoms with Gasteiger partial charge in [0.15, 0.2) is 0 Å². The molecule has 0 bridgehead atoms. The van der Waals surface area contributed by atoms with Crippen molar-refractivity contribution in [1.82, 2.24) is 20.2 Å². The molecule has 8 heteroatoms. The molecule has 3 rings (SSSR count). The summed E-state index contributed by atoms with van der Waals surface area (Å²) in [6.45, 7) is 2.69. The largest absolute Gasteiger partial charge is 0.480 e. The zero-order chi connectivity index (χ0) is 17.8. The zero-order valence-electron chi connectivity index (χ0n) is 13.9. The highest BCUT2D eigenvalue weighted by Gasteiger charge is 2.35. The van der Waals surface area contributed by atoms with Crippen molar-refractivity contribution in [3.05, 3.63) is 35.6 Å². The van der Waals surface area contributed by atoms with Crippen molar-refractivity contribution in [2.75, 3.05) is 13.1 Å². The Morgan fingerprint density at radius 1 is 1.36 bits per heavy atom. The van der Waals surface area contributed by atoms with Crippen molar-refractivity contribution >= 4 is 23.2 Å². The number of pyridine rings is 1. The van der Waals surface area contributed by atoms with Gasteiger partial charge >= 0.3 is 5.97 Å². The van der Waals surface area contributed by atoms with Crippen molar-refractivity contribution < 1.29 is 14.7 Å². The molecule has 1 fully saturated rings. The predicted octanol–water partition coefficient (Wildman–Crippen LogP) is 1.87. The Labute approximate surface area is 149 Å². The van der Waals surface area contributed by atoms with Gasteiger partial charge in [-0.1, -0.05) is 6.92 Å². The molecule has 0 saturated heterocycles. The molecule has 2 N–H and O–H groups in total. The van der Waals surface area contributed by atoms with Crippen LogP contribution < -0.4 is 5.32 Å². The standard InChI is InChI=1S/C17H20N4O3S/c1-2-21(10-15(22)23)13-7-12(8-13)20-16(24)14-9-19-17(25-14)11-3-5-18-6-4-11/h3-6,9,12-13H,2,7-8,10H2,1H3,(H,20,24)(H,22,23). The highest BCUT2D eigenvalue weighted by molar-refractivity contribution is 7.16. The molecule has 1 amide bonds. The Kier molecular flexibility index (Phi) is 5.40. The fraction of sp³-hybridized carbons (Fsp3) is 0.412. The van der Waals surface area contributed by atoms with Crippen LogP contribution in [-0.4, -0.2) is 57.0 Å². The summed E-state index contributed by atoms with van der Waals surface area (Å²) in [6, 6.07) is 4.03. The lowest BCUT2D eigenvalue weighted by Gasteiger charge is -2.42. The van der Waals surface area contributed by atoms with E-state index >= 15 is 0 Å². The number of nitrogens with zero attached hydrogens (tertiary/aromatic N) is 3. The number of hydrogen-bond donors (Lipinski definition) is 2. The number of nitrogens with one attached hydrogen (secondary N) is 1. The molecule has 0 aliphatic heterocycles. The number of carbonyl (C=O) groups excluding carboxylic acids is 1. The Morgan fingerprint density at radius 2 is 2.08 bits per heavy atom. The number of aromatic nitrogens is 2. The maximum Gasteiger partial charge on any atom is 0.317 e. The lowest BCUT2D eigenvalue weighted by molar-refractivity contribution is -0.139. The van der Waals surface area contributed by atoms with Crippen LogP contribution in [0, 0.1) is 0 Å². The first-order valence-corrected chi connectivity index (χ1v) is 9.01. The van der Waals surface area contributed by atoms with E-state index in [4.69, 9.17) is 5.11 Å². The van der Waals surface area contributed by atoms with Crippen LogP contribution in [0.3, 0.4) is 0 Å². The smallest absolute Gasteiger partial charge is 0.317 e. The Balaban J connectivity index is 1.53. The second kappa shape index (κ2) is 7.71. The highest BCUT2D eigenvalue weighted by atomic mass is 32.1. The Bertz CT molecular complexity index is 743. The molecule has 1 aliphatic carbocycles. The van der Waals surface area contributed by atoms with Crippen molar-refractivity contribution in [1.29, 1.82) is 0 Å². The minimum atomic E-state index is -0.817. The minimum absolute atomic E-state index is 0.0476. The van der Waals surface area contributed by atoms with E-state index in [1.54, 1.807) is 18.6 Å². The van der Waals surface area contributed by atoms with Crippen molar-refractivity contribution in [3.8, 4) is 10.6 Å². The van der Waals surface area contributed by atoms with E-state index in [-0.39, 0.29) is 24.5 Å². The first kappa shape index (κ1) is 17.5. The SMILES string of the molecule is CCN(CC(=O)O)C1CC(NC(=O)c2cnc(-c3ccncc3)s2)C1. The third kappa shape index (κ3) is 4.21. The monoisotopic (exact) mass is 360 g/mol. The quantitative estimate of drug-likeness (QED) is 0.783. The van der Waals surface area contributed by atoms with Gasteiger partial charge in [-0.05, 0) is 31.5 Å². The van der Waals surface area contributed by atoms with Crippen molar-refractivity contribution in [2.24, 2.45) is 0 Å². The van der Waals surface area contributed by atoms with E-state index in [9.17, 15) is 9.59 Å². The first-order valence-electron chi connectivity index (χ1n) is 8.19. The molecule has 2 heterocycles. The third-order valence-electron chi connectivity index (χ3n) is 4.37. The van der Waals surface area contributed by atoms with Crippen LogP contribution >= 0.6 is 11.3 Å². The number of carbonyl (C=O) groups is 2. The maximum atomic E-state index is 12.4. The first-order chi connectivity index (χ1) is 12.1. The molecular weight excluding hydrogens is 340 g/mol. The average Bonchev–Trinajstić information content (AvgIpc) is 3.06. The van der Waals surface area contributed by atoms with Gasteiger partial charge in [-0.25, -0.2) is 4.98 Å². The molecule has 7 nitrogen and oxygen atoms in total. The number of carboxylic acids is 1.